The normalized spacial score (nSPS) is 17.4. The Morgan fingerprint density at radius 3 is 2.53 bits per heavy atom. The number of halogens is 2. The minimum atomic E-state index is -2.81. The maximum Gasteiger partial charge on any atom is 0.285 e. The van der Waals surface area contributed by atoms with Gasteiger partial charge in [0, 0.05) is 25.8 Å². The van der Waals surface area contributed by atoms with Gasteiger partial charge >= 0.3 is 0 Å². The highest BCUT2D eigenvalue weighted by Gasteiger charge is 2.42. The first-order valence-corrected chi connectivity index (χ1v) is 6.71. The van der Waals surface area contributed by atoms with Crippen molar-refractivity contribution in [1.29, 1.82) is 0 Å². The van der Waals surface area contributed by atoms with E-state index in [1.165, 1.54) is 12.1 Å². The number of nitrogens with one attached hydrogen (secondary N) is 1. The molecule has 0 amide bonds. The fourth-order valence-electron chi connectivity index (χ4n) is 2.28. The maximum absolute atomic E-state index is 13.9. The molecule has 0 heterocycles. The van der Waals surface area contributed by atoms with Gasteiger partial charge in [-0.25, -0.2) is 0 Å². The van der Waals surface area contributed by atoms with Crippen molar-refractivity contribution < 1.29 is 13.5 Å². The van der Waals surface area contributed by atoms with Crippen molar-refractivity contribution in [3.63, 3.8) is 0 Å². The van der Waals surface area contributed by atoms with E-state index < -0.39 is 5.92 Å². The second-order valence-corrected chi connectivity index (χ2v) is 5.42. The van der Waals surface area contributed by atoms with Gasteiger partial charge in [-0.3, -0.25) is 0 Å². The quantitative estimate of drug-likeness (QED) is 0.782. The zero-order valence-electron chi connectivity index (χ0n) is 11.3. The molecule has 1 saturated carbocycles. The summed E-state index contributed by atoms with van der Waals surface area (Å²) in [6.07, 6.45) is 3.17. The van der Waals surface area contributed by atoms with Crippen molar-refractivity contribution in [2.24, 2.45) is 5.41 Å². The van der Waals surface area contributed by atoms with Crippen molar-refractivity contribution in [3.8, 4) is 0 Å². The zero-order valence-corrected chi connectivity index (χ0v) is 11.3. The number of alkyl halides is 2. The highest BCUT2D eigenvalue weighted by molar-refractivity contribution is 5.20. The number of ether oxygens (including phenoxy) is 1. The van der Waals surface area contributed by atoms with Crippen LogP contribution in [-0.4, -0.2) is 26.8 Å². The first-order chi connectivity index (χ1) is 9.08. The summed E-state index contributed by atoms with van der Waals surface area (Å²) in [4.78, 5) is 0. The molecule has 0 radical (unpaired) electrons. The van der Waals surface area contributed by atoms with Crippen LogP contribution in [0.5, 0.6) is 0 Å². The predicted molar refractivity (Wildman–Crippen MR) is 71.4 cm³/mol. The summed E-state index contributed by atoms with van der Waals surface area (Å²) in [6.45, 7) is 1.06. The molecule has 0 spiro atoms. The number of hydrogen-bond acceptors (Lipinski definition) is 2. The van der Waals surface area contributed by atoms with Gasteiger partial charge in [0.05, 0.1) is 6.54 Å². The van der Waals surface area contributed by atoms with Crippen molar-refractivity contribution in [1.82, 2.24) is 5.32 Å². The Morgan fingerprint density at radius 1 is 1.26 bits per heavy atom. The van der Waals surface area contributed by atoms with E-state index in [-0.39, 0.29) is 17.5 Å². The smallest absolute Gasteiger partial charge is 0.285 e. The van der Waals surface area contributed by atoms with Crippen molar-refractivity contribution >= 4 is 0 Å². The molecule has 1 fully saturated rings. The van der Waals surface area contributed by atoms with Crippen LogP contribution in [-0.2, 0) is 10.7 Å². The Bertz CT molecular complexity index is 390. The lowest BCUT2D eigenvalue weighted by atomic mass is 10.0. The van der Waals surface area contributed by atoms with Gasteiger partial charge < -0.3 is 10.1 Å². The summed E-state index contributed by atoms with van der Waals surface area (Å²) < 4.78 is 32.9. The SMILES string of the molecule is COCCC1(CNCC(F)(F)c2ccccc2)CC1. The number of rotatable bonds is 8. The standard InChI is InChI=1S/C15H21F2NO/c1-19-10-9-14(7-8-14)11-18-12-15(16,17)13-5-3-2-4-6-13/h2-6,18H,7-12H2,1H3. The Kier molecular flexibility index (Phi) is 4.53. The number of methoxy groups -OCH3 is 1. The van der Waals surface area contributed by atoms with Gasteiger partial charge in [-0.2, -0.15) is 8.78 Å². The first kappa shape index (κ1) is 14.4. The molecule has 0 aromatic heterocycles. The molecule has 0 bridgehead atoms. The molecule has 1 N–H and O–H groups in total. The lowest BCUT2D eigenvalue weighted by molar-refractivity contribution is -0.00438. The van der Waals surface area contributed by atoms with E-state index in [1.807, 2.05) is 0 Å². The third-order valence-electron chi connectivity index (χ3n) is 3.84. The molecule has 0 atom stereocenters. The topological polar surface area (TPSA) is 21.3 Å². The van der Waals surface area contributed by atoms with Crippen LogP contribution in [0.3, 0.4) is 0 Å². The largest absolute Gasteiger partial charge is 0.385 e. The van der Waals surface area contributed by atoms with Crippen LogP contribution < -0.4 is 5.32 Å². The summed E-state index contributed by atoms with van der Waals surface area (Å²) in [7, 11) is 1.67. The molecule has 2 rings (SSSR count). The van der Waals surface area contributed by atoms with Gasteiger partial charge in [0.25, 0.3) is 5.92 Å². The van der Waals surface area contributed by atoms with E-state index in [4.69, 9.17) is 4.74 Å². The van der Waals surface area contributed by atoms with Crippen LogP contribution in [0, 0.1) is 5.41 Å². The second kappa shape index (κ2) is 5.97. The lowest BCUT2D eigenvalue weighted by Crippen LogP contribution is -2.34. The molecule has 1 aliphatic rings. The molecule has 4 heteroatoms. The molecular weight excluding hydrogens is 248 g/mol. The molecule has 2 nitrogen and oxygen atoms in total. The van der Waals surface area contributed by atoms with E-state index in [0.717, 1.165) is 19.3 Å². The van der Waals surface area contributed by atoms with Crippen LogP contribution in [0.2, 0.25) is 0 Å². The van der Waals surface area contributed by atoms with E-state index in [0.29, 0.717) is 13.2 Å². The Balaban J connectivity index is 1.79. The maximum atomic E-state index is 13.9. The van der Waals surface area contributed by atoms with Crippen molar-refractivity contribution in [2.45, 2.75) is 25.2 Å². The number of benzene rings is 1. The fourth-order valence-corrected chi connectivity index (χ4v) is 2.28. The van der Waals surface area contributed by atoms with Gasteiger partial charge in [0.1, 0.15) is 0 Å². The third-order valence-corrected chi connectivity index (χ3v) is 3.84. The van der Waals surface area contributed by atoms with Gasteiger partial charge in [-0.15, -0.1) is 0 Å². The zero-order chi connectivity index (χ0) is 13.8. The van der Waals surface area contributed by atoms with Crippen molar-refractivity contribution in [2.75, 3.05) is 26.8 Å². The van der Waals surface area contributed by atoms with Gasteiger partial charge in [-0.05, 0) is 24.7 Å². The Morgan fingerprint density at radius 2 is 1.95 bits per heavy atom. The summed E-state index contributed by atoms with van der Waals surface area (Å²) in [5, 5.41) is 2.93. The van der Waals surface area contributed by atoms with E-state index in [1.54, 1.807) is 25.3 Å². The van der Waals surface area contributed by atoms with Crippen LogP contribution in [0.1, 0.15) is 24.8 Å². The monoisotopic (exact) mass is 269 g/mol. The van der Waals surface area contributed by atoms with E-state index >= 15 is 0 Å². The third kappa shape index (κ3) is 3.98. The lowest BCUT2D eigenvalue weighted by Gasteiger charge is -2.20. The summed E-state index contributed by atoms with van der Waals surface area (Å²) >= 11 is 0. The molecule has 0 saturated heterocycles. The highest BCUT2D eigenvalue weighted by Crippen LogP contribution is 2.48. The minimum absolute atomic E-state index is 0.0734. The molecule has 106 valence electrons. The Hall–Kier alpha value is -1.00. The van der Waals surface area contributed by atoms with Crippen LogP contribution in [0.25, 0.3) is 0 Å². The fraction of sp³-hybridized carbons (Fsp3) is 0.600. The highest BCUT2D eigenvalue weighted by atomic mass is 19.3. The summed E-state index contributed by atoms with van der Waals surface area (Å²) in [6, 6.07) is 7.98. The minimum Gasteiger partial charge on any atom is -0.385 e. The van der Waals surface area contributed by atoms with Crippen molar-refractivity contribution in [3.05, 3.63) is 35.9 Å². The molecule has 1 aromatic carbocycles. The summed E-state index contributed by atoms with van der Waals surface area (Å²) in [5.74, 6) is -2.81. The molecule has 1 aliphatic carbocycles. The van der Waals surface area contributed by atoms with E-state index in [2.05, 4.69) is 5.32 Å². The molecule has 19 heavy (non-hydrogen) atoms. The Labute approximate surface area is 113 Å². The molecule has 0 unspecified atom stereocenters. The average Bonchev–Trinajstić information content (AvgIpc) is 3.18. The summed E-state index contributed by atoms with van der Waals surface area (Å²) in [5.41, 5.74) is 0.271. The second-order valence-electron chi connectivity index (χ2n) is 5.42. The van der Waals surface area contributed by atoms with Crippen LogP contribution in [0.15, 0.2) is 30.3 Å². The van der Waals surface area contributed by atoms with E-state index in [9.17, 15) is 8.78 Å². The van der Waals surface area contributed by atoms with Crippen LogP contribution in [0.4, 0.5) is 8.78 Å². The van der Waals surface area contributed by atoms with Gasteiger partial charge in [0.15, 0.2) is 0 Å². The van der Waals surface area contributed by atoms with Crippen LogP contribution >= 0.6 is 0 Å². The predicted octanol–water partition coefficient (Wildman–Crippen LogP) is 3.18. The molecular formula is C15H21F2NO. The average molecular weight is 269 g/mol. The molecule has 1 aromatic rings. The number of hydrogen-bond donors (Lipinski definition) is 1. The van der Waals surface area contributed by atoms with Gasteiger partial charge in [0.2, 0.25) is 0 Å². The molecule has 0 aliphatic heterocycles. The first-order valence-electron chi connectivity index (χ1n) is 6.71. The van der Waals surface area contributed by atoms with Gasteiger partial charge in [-0.1, -0.05) is 30.3 Å².